The van der Waals surface area contributed by atoms with E-state index < -0.39 is 5.82 Å². The van der Waals surface area contributed by atoms with Gasteiger partial charge in [-0.25, -0.2) is 4.39 Å². The molecule has 1 amide bonds. The van der Waals surface area contributed by atoms with E-state index in [1.165, 1.54) is 29.5 Å². The average Bonchev–Trinajstić information content (AvgIpc) is 2.78. The zero-order chi connectivity index (χ0) is 14.0. The van der Waals surface area contributed by atoms with Gasteiger partial charge in [0, 0.05) is 11.3 Å². The third-order valence-electron chi connectivity index (χ3n) is 2.29. The number of thiocarbonyl (C=S) groups is 1. The van der Waals surface area contributed by atoms with Crippen molar-refractivity contribution in [3.05, 3.63) is 50.4 Å². The van der Waals surface area contributed by atoms with E-state index in [1.54, 1.807) is 12.1 Å². The average molecular weight is 359 g/mol. The minimum Gasteiger partial charge on any atom is -0.389 e. The van der Waals surface area contributed by atoms with Gasteiger partial charge in [-0.2, -0.15) is 0 Å². The first-order valence-electron chi connectivity index (χ1n) is 5.13. The number of benzene rings is 1. The van der Waals surface area contributed by atoms with Crippen LogP contribution in [0.5, 0.6) is 0 Å². The summed E-state index contributed by atoms with van der Waals surface area (Å²) < 4.78 is 14.3. The van der Waals surface area contributed by atoms with E-state index in [4.69, 9.17) is 18.0 Å². The number of halogens is 2. The fourth-order valence-electron chi connectivity index (χ4n) is 1.42. The number of carbonyl (C=O) groups is 1. The molecule has 7 heteroatoms. The molecule has 0 aliphatic rings. The molecule has 0 aliphatic heterocycles. The van der Waals surface area contributed by atoms with Crippen LogP contribution in [0.3, 0.4) is 0 Å². The van der Waals surface area contributed by atoms with Crippen LogP contribution in [0.2, 0.25) is 0 Å². The highest BCUT2D eigenvalue weighted by atomic mass is 79.9. The second-order valence-electron chi connectivity index (χ2n) is 3.62. The number of carbonyl (C=O) groups excluding carboxylic acids is 1. The number of nitrogens with one attached hydrogen (secondary N) is 1. The van der Waals surface area contributed by atoms with Gasteiger partial charge in [-0.3, -0.25) is 4.79 Å². The molecule has 0 bridgehead atoms. The van der Waals surface area contributed by atoms with E-state index in [9.17, 15) is 9.18 Å². The molecule has 0 saturated carbocycles. The standard InChI is InChI=1S/C12H8BrFN2OS2/c13-10-4-3-9(19-10)12(17)16-6-1-2-8(14)7(5-6)11(15)18/h1-5H,(H2,15,18)(H,16,17). The molecular weight excluding hydrogens is 351 g/mol. The molecule has 1 aromatic carbocycles. The molecule has 1 aromatic heterocycles. The molecule has 0 spiro atoms. The fraction of sp³-hybridized carbons (Fsp3) is 0. The molecule has 3 nitrogen and oxygen atoms in total. The molecule has 2 aromatic rings. The van der Waals surface area contributed by atoms with Gasteiger partial charge < -0.3 is 11.1 Å². The maximum Gasteiger partial charge on any atom is 0.265 e. The number of nitrogens with two attached hydrogens (primary N) is 1. The van der Waals surface area contributed by atoms with Crippen LogP contribution in [0.4, 0.5) is 10.1 Å². The Bertz CT molecular complexity index is 657. The monoisotopic (exact) mass is 358 g/mol. The van der Waals surface area contributed by atoms with Crippen molar-refractivity contribution in [2.75, 3.05) is 5.32 Å². The summed E-state index contributed by atoms with van der Waals surface area (Å²) in [5.74, 6) is -0.777. The number of rotatable bonds is 3. The topological polar surface area (TPSA) is 55.1 Å². The van der Waals surface area contributed by atoms with Crippen molar-refractivity contribution in [3.63, 3.8) is 0 Å². The van der Waals surface area contributed by atoms with Crippen LogP contribution >= 0.6 is 39.5 Å². The van der Waals surface area contributed by atoms with E-state index in [-0.39, 0.29) is 16.5 Å². The van der Waals surface area contributed by atoms with Crippen LogP contribution in [0.15, 0.2) is 34.1 Å². The molecule has 19 heavy (non-hydrogen) atoms. The lowest BCUT2D eigenvalue weighted by molar-refractivity contribution is 0.103. The lowest BCUT2D eigenvalue weighted by atomic mass is 10.2. The summed E-state index contributed by atoms with van der Waals surface area (Å²) in [6.07, 6.45) is 0. The first-order chi connectivity index (χ1) is 8.97. The SMILES string of the molecule is NC(=S)c1cc(NC(=O)c2ccc(Br)s2)ccc1F. The first-order valence-corrected chi connectivity index (χ1v) is 7.15. The smallest absolute Gasteiger partial charge is 0.265 e. The van der Waals surface area contributed by atoms with Crippen LogP contribution in [0.25, 0.3) is 0 Å². The molecule has 98 valence electrons. The third kappa shape index (κ3) is 3.37. The Morgan fingerprint density at radius 3 is 2.68 bits per heavy atom. The predicted molar refractivity (Wildman–Crippen MR) is 82.3 cm³/mol. The van der Waals surface area contributed by atoms with Gasteiger partial charge in [0.2, 0.25) is 0 Å². The van der Waals surface area contributed by atoms with Gasteiger partial charge in [0.1, 0.15) is 10.8 Å². The van der Waals surface area contributed by atoms with Crippen molar-refractivity contribution in [2.45, 2.75) is 0 Å². The zero-order valence-electron chi connectivity index (χ0n) is 9.44. The van der Waals surface area contributed by atoms with Crippen molar-refractivity contribution < 1.29 is 9.18 Å². The lowest BCUT2D eigenvalue weighted by Crippen LogP contribution is -2.14. The van der Waals surface area contributed by atoms with E-state index in [1.807, 2.05) is 0 Å². The normalized spacial score (nSPS) is 10.2. The second-order valence-corrected chi connectivity index (χ2v) is 6.52. The number of hydrogen-bond acceptors (Lipinski definition) is 3. The van der Waals surface area contributed by atoms with E-state index in [2.05, 4.69) is 21.2 Å². The first kappa shape index (κ1) is 14.1. The van der Waals surface area contributed by atoms with Gasteiger partial charge in [0.25, 0.3) is 5.91 Å². The van der Waals surface area contributed by atoms with Crippen LogP contribution in [-0.4, -0.2) is 10.9 Å². The number of thiophene rings is 1. The third-order valence-corrected chi connectivity index (χ3v) is 4.13. The minimum atomic E-state index is -0.510. The quantitative estimate of drug-likeness (QED) is 0.825. The van der Waals surface area contributed by atoms with Gasteiger partial charge in [0.05, 0.1) is 8.66 Å². The Kier molecular flexibility index (Phi) is 4.28. The maximum absolute atomic E-state index is 13.4. The van der Waals surface area contributed by atoms with Crippen molar-refractivity contribution in [1.29, 1.82) is 0 Å². The van der Waals surface area contributed by atoms with Crippen molar-refractivity contribution in [1.82, 2.24) is 0 Å². The summed E-state index contributed by atoms with van der Waals surface area (Å²) in [6, 6.07) is 7.57. The van der Waals surface area contributed by atoms with Gasteiger partial charge >= 0.3 is 0 Å². The lowest BCUT2D eigenvalue weighted by Gasteiger charge is -2.06. The number of anilines is 1. The van der Waals surface area contributed by atoms with Gasteiger partial charge in [-0.05, 0) is 46.3 Å². The highest BCUT2D eigenvalue weighted by Gasteiger charge is 2.11. The van der Waals surface area contributed by atoms with Crippen LogP contribution in [0.1, 0.15) is 15.2 Å². The Hall–Kier alpha value is -1.31. The summed E-state index contributed by atoms with van der Waals surface area (Å²) in [5, 5.41) is 2.66. The van der Waals surface area contributed by atoms with Crippen molar-refractivity contribution in [2.24, 2.45) is 5.73 Å². The van der Waals surface area contributed by atoms with Gasteiger partial charge in [-0.1, -0.05) is 12.2 Å². The van der Waals surface area contributed by atoms with Gasteiger partial charge in [0.15, 0.2) is 0 Å². The highest BCUT2D eigenvalue weighted by Crippen LogP contribution is 2.23. The fourth-order valence-corrected chi connectivity index (χ4v) is 2.86. The van der Waals surface area contributed by atoms with Crippen LogP contribution < -0.4 is 11.1 Å². The summed E-state index contributed by atoms with van der Waals surface area (Å²) in [5.41, 5.74) is 5.96. The largest absolute Gasteiger partial charge is 0.389 e. The molecule has 1 heterocycles. The van der Waals surface area contributed by atoms with Gasteiger partial charge in [-0.15, -0.1) is 11.3 Å². The highest BCUT2D eigenvalue weighted by molar-refractivity contribution is 9.11. The molecule has 0 radical (unpaired) electrons. The number of hydrogen-bond donors (Lipinski definition) is 2. The molecule has 0 aliphatic carbocycles. The molecule has 0 fully saturated rings. The van der Waals surface area contributed by atoms with Crippen molar-refractivity contribution >= 4 is 56.1 Å². The van der Waals surface area contributed by atoms with E-state index in [0.29, 0.717) is 10.6 Å². The number of amides is 1. The predicted octanol–water partition coefficient (Wildman–Crippen LogP) is 3.54. The molecule has 0 unspecified atom stereocenters. The molecule has 0 atom stereocenters. The summed E-state index contributed by atoms with van der Waals surface area (Å²) in [7, 11) is 0. The van der Waals surface area contributed by atoms with E-state index in [0.717, 1.165) is 3.79 Å². The summed E-state index contributed by atoms with van der Waals surface area (Å²) >= 11 is 9.33. The second kappa shape index (κ2) is 5.77. The summed E-state index contributed by atoms with van der Waals surface area (Å²) in [6.45, 7) is 0. The van der Waals surface area contributed by atoms with Crippen LogP contribution in [-0.2, 0) is 0 Å². The Labute approximate surface area is 126 Å². The van der Waals surface area contributed by atoms with E-state index >= 15 is 0 Å². The molecule has 2 rings (SSSR count). The minimum absolute atomic E-state index is 0.0486. The Morgan fingerprint density at radius 1 is 1.37 bits per heavy atom. The molecular formula is C12H8BrFN2OS2. The molecule has 0 saturated heterocycles. The Morgan fingerprint density at radius 2 is 2.11 bits per heavy atom. The Balaban J connectivity index is 2.22. The van der Waals surface area contributed by atoms with Crippen LogP contribution in [0, 0.1) is 5.82 Å². The summed E-state index contributed by atoms with van der Waals surface area (Å²) in [4.78, 5) is 12.4. The molecule has 3 N–H and O–H groups in total. The maximum atomic E-state index is 13.4. The van der Waals surface area contributed by atoms with Crippen molar-refractivity contribution in [3.8, 4) is 0 Å². The zero-order valence-corrected chi connectivity index (χ0v) is 12.7.